The largest absolute Gasteiger partial charge is 0.398 e. The van der Waals surface area contributed by atoms with E-state index < -0.39 is 0 Å². The van der Waals surface area contributed by atoms with E-state index in [2.05, 4.69) is 34.6 Å². The third-order valence-corrected chi connectivity index (χ3v) is 4.22. The average Bonchev–Trinajstić information content (AvgIpc) is 2.29. The van der Waals surface area contributed by atoms with Gasteiger partial charge in [0.05, 0.1) is 0 Å². The van der Waals surface area contributed by atoms with Gasteiger partial charge in [-0.25, -0.2) is 0 Å². The molecule has 1 heterocycles. The molecule has 0 aliphatic carbocycles. The van der Waals surface area contributed by atoms with Gasteiger partial charge in [-0.15, -0.1) is 11.3 Å². The molecule has 13 heavy (non-hydrogen) atoms. The summed E-state index contributed by atoms with van der Waals surface area (Å²) in [5.41, 5.74) is 8.36. The minimum Gasteiger partial charge on any atom is -0.398 e. The van der Waals surface area contributed by atoms with E-state index in [0.717, 1.165) is 5.69 Å². The second-order valence-corrected chi connectivity index (χ2v) is 5.26. The highest BCUT2D eigenvalue weighted by Gasteiger charge is 2.16. The fourth-order valence-corrected chi connectivity index (χ4v) is 2.78. The molecule has 1 aromatic heterocycles. The van der Waals surface area contributed by atoms with Crippen LogP contribution >= 0.6 is 11.3 Å². The van der Waals surface area contributed by atoms with Gasteiger partial charge in [0, 0.05) is 15.4 Å². The lowest BCUT2D eigenvalue weighted by atomic mass is 10.1. The molecule has 0 spiro atoms. The highest BCUT2D eigenvalue weighted by molar-refractivity contribution is 7.13. The van der Waals surface area contributed by atoms with Crippen molar-refractivity contribution < 1.29 is 0 Å². The Labute approximate surface area is 85.0 Å². The first kappa shape index (κ1) is 10.6. The van der Waals surface area contributed by atoms with Gasteiger partial charge in [-0.3, -0.25) is 0 Å². The van der Waals surface area contributed by atoms with Crippen molar-refractivity contribution in [2.75, 3.05) is 5.73 Å². The third-order valence-electron chi connectivity index (χ3n) is 2.31. The lowest BCUT2D eigenvalue weighted by molar-refractivity contribution is 0.881. The molecule has 0 bridgehead atoms. The summed E-state index contributed by atoms with van der Waals surface area (Å²) in [5.74, 6) is 1.15. The number of rotatable bonds is 2. The fourth-order valence-electron chi connectivity index (χ4n) is 1.55. The number of nitrogens with two attached hydrogens (primary N) is 1. The van der Waals surface area contributed by atoms with Crippen LogP contribution in [-0.2, 0) is 0 Å². The van der Waals surface area contributed by atoms with E-state index >= 15 is 0 Å². The summed E-state index contributed by atoms with van der Waals surface area (Å²) in [5, 5.41) is 0. The van der Waals surface area contributed by atoms with Gasteiger partial charge in [0.2, 0.25) is 0 Å². The Morgan fingerprint density at radius 3 is 1.69 bits per heavy atom. The van der Waals surface area contributed by atoms with Crippen LogP contribution in [0.2, 0.25) is 0 Å². The molecule has 74 valence electrons. The Morgan fingerprint density at radius 1 is 1.00 bits per heavy atom. The van der Waals surface area contributed by atoms with Crippen LogP contribution in [0, 0.1) is 6.92 Å². The predicted molar refractivity (Wildman–Crippen MR) is 61.6 cm³/mol. The molecular formula is C11H19NS. The SMILES string of the molecule is Cc1c(C(C)C)sc(C(C)C)c1N. The van der Waals surface area contributed by atoms with Gasteiger partial charge in [0.1, 0.15) is 0 Å². The molecule has 0 radical (unpaired) electrons. The molecule has 0 atom stereocenters. The summed E-state index contributed by atoms with van der Waals surface area (Å²) in [7, 11) is 0. The van der Waals surface area contributed by atoms with E-state index in [4.69, 9.17) is 5.73 Å². The molecular weight excluding hydrogens is 178 g/mol. The zero-order valence-corrected chi connectivity index (χ0v) is 9.96. The van der Waals surface area contributed by atoms with Crippen molar-refractivity contribution >= 4 is 17.0 Å². The Hall–Kier alpha value is -0.500. The molecule has 2 N–H and O–H groups in total. The molecule has 0 aromatic carbocycles. The van der Waals surface area contributed by atoms with Gasteiger partial charge >= 0.3 is 0 Å². The molecule has 0 unspecified atom stereocenters. The lowest BCUT2D eigenvalue weighted by Crippen LogP contribution is -1.93. The number of anilines is 1. The van der Waals surface area contributed by atoms with Gasteiger partial charge in [-0.1, -0.05) is 27.7 Å². The minimum atomic E-state index is 0.552. The molecule has 0 saturated carbocycles. The van der Waals surface area contributed by atoms with E-state index in [-0.39, 0.29) is 0 Å². The molecule has 2 heteroatoms. The van der Waals surface area contributed by atoms with Gasteiger partial charge in [-0.2, -0.15) is 0 Å². The topological polar surface area (TPSA) is 26.0 Å². The van der Waals surface area contributed by atoms with E-state index in [9.17, 15) is 0 Å². The first-order valence-corrected chi connectivity index (χ1v) is 5.65. The van der Waals surface area contributed by atoms with Crippen molar-refractivity contribution in [2.24, 2.45) is 0 Å². The van der Waals surface area contributed by atoms with Gasteiger partial charge in [0.25, 0.3) is 0 Å². The molecule has 1 aromatic rings. The number of thiophene rings is 1. The van der Waals surface area contributed by atoms with Crippen molar-refractivity contribution in [3.05, 3.63) is 15.3 Å². The van der Waals surface area contributed by atoms with E-state index in [1.165, 1.54) is 15.3 Å². The average molecular weight is 197 g/mol. The van der Waals surface area contributed by atoms with Crippen molar-refractivity contribution in [1.29, 1.82) is 0 Å². The third kappa shape index (κ3) is 1.88. The van der Waals surface area contributed by atoms with Crippen LogP contribution in [0.5, 0.6) is 0 Å². The fraction of sp³-hybridized carbons (Fsp3) is 0.636. The van der Waals surface area contributed by atoms with Gasteiger partial charge in [0.15, 0.2) is 0 Å². The summed E-state index contributed by atoms with van der Waals surface area (Å²) in [6, 6.07) is 0. The summed E-state index contributed by atoms with van der Waals surface area (Å²) in [6.07, 6.45) is 0. The van der Waals surface area contributed by atoms with Crippen LogP contribution in [0.3, 0.4) is 0 Å². The summed E-state index contributed by atoms with van der Waals surface area (Å²) in [4.78, 5) is 2.79. The molecule has 0 saturated heterocycles. The van der Waals surface area contributed by atoms with Crippen LogP contribution in [0.1, 0.15) is 54.8 Å². The normalized spacial score (nSPS) is 11.6. The van der Waals surface area contributed by atoms with E-state index in [1.54, 1.807) is 0 Å². The van der Waals surface area contributed by atoms with Crippen LogP contribution in [0.15, 0.2) is 0 Å². The second-order valence-electron chi connectivity index (χ2n) is 4.18. The minimum absolute atomic E-state index is 0.552. The highest BCUT2D eigenvalue weighted by Crippen LogP contribution is 2.38. The quantitative estimate of drug-likeness (QED) is 0.765. The Balaban J connectivity index is 3.20. The first-order valence-electron chi connectivity index (χ1n) is 4.83. The standard InChI is InChI=1S/C11H19NS/c1-6(2)10-8(5)9(12)11(13-10)7(3)4/h6-7H,12H2,1-5H3. The van der Waals surface area contributed by atoms with Crippen molar-refractivity contribution in [3.8, 4) is 0 Å². The van der Waals surface area contributed by atoms with Gasteiger partial charge < -0.3 is 5.73 Å². The number of hydrogen-bond acceptors (Lipinski definition) is 2. The maximum atomic E-state index is 6.05. The zero-order valence-electron chi connectivity index (χ0n) is 9.14. The predicted octanol–water partition coefficient (Wildman–Crippen LogP) is 3.89. The van der Waals surface area contributed by atoms with Crippen LogP contribution < -0.4 is 5.73 Å². The molecule has 1 rings (SSSR count). The second kappa shape index (κ2) is 3.70. The maximum absolute atomic E-state index is 6.05. The summed E-state index contributed by atoms with van der Waals surface area (Å²) in [6.45, 7) is 11.0. The molecule has 0 fully saturated rings. The van der Waals surface area contributed by atoms with Crippen LogP contribution in [-0.4, -0.2) is 0 Å². The van der Waals surface area contributed by atoms with Crippen molar-refractivity contribution in [2.45, 2.75) is 46.5 Å². The molecule has 1 nitrogen and oxygen atoms in total. The van der Waals surface area contributed by atoms with Crippen molar-refractivity contribution in [1.82, 2.24) is 0 Å². The Morgan fingerprint density at radius 2 is 1.46 bits per heavy atom. The van der Waals surface area contributed by atoms with E-state index in [0.29, 0.717) is 11.8 Å². The number of nitrogen functional groups attached to an aromatic ring is 1. The Bertz CT molecular complexity index is 269. The van der Waals surface area contributed by atoms with Crippen LogP contribution in [0.4, 0.5) is 5.69 Å². The maximum Gasteiger partial charge on any atom is 0.0490 e. The van der Waals surface area contributed by atoms with Crippen LogP contribution in [0.25, 0.3) is 0 Å². The number of hydrogen-bond donors (Lipinski definition) is 1. The van der Waals surface area contributed by atoms with Crippen molar-refractivity contribution in [3.63, 3.8) is 0 Å². The van der Waals surface area contributed by atoms with E-state index in [1.807, 2.05) is 11.3 Å². The molecule has 0 aliphatic rings. The summed E-state index contributed by atoms with van der Waals surface area (Å²) < 4.78 is 0. The molecule has 0 amide bonds. The van der Waals surface area contributed by atoms with Gasteiger partial charge in [-0.05, 0) is 24.3 Å². The monoisotopic (exact) mass is 197 g/mol. The zero-order chi connectivity index (χ0) is 10.2. The Kier molecular flexibility index (Phi) is 3.01. The first-order chi connectivity index (χ1) is 5.95. The molecule has 0 aliphatic heterocycles. The smallest absolute Gasteiger partial charge is 0.0490 e. The highest BCUT2D eigenvalue weighted by atomic mass is 32.1. The lowest BCUT2D eigenvalue weighted by Gasteiger charge is -2.01. The summed E-state index contributed by atoms with van der Waals surface area (Å²) >= 11 is 1.88.